The van der Waals surface area contributed by atoms with Crippen LogP contribution in [0.2, 0.25) is 0 Å². The fourth-order valence-electron chi connectivity index (χ4n) is 4.95. The van der Waals surface area contributed by atoms with E-state index in [0.717, 1.165) is 25.3 Å². The highest BCUT2D eigenvalue weighted by molar-refractivity contribution is 5.98. The zero-order valence-electron chi connectivity index (χ0n) is 17.9. The maximum Gasteiger partial charge on any atom is 0.416 e. The van der Waals surface area contributed by atoms with Crippen LogP contribution < -0.4 is 4.90 Å². The Labute approximate surface area is 187 Å². The zero-order chi connectivity index (χ0) is 23.4. The van der Waals surface area contributed by atoms with Crippen LogP contribution in [-0.4, -0.2) is 56.8 Å². The Kier molecular flexibility index (Phi) is 4.91. The third-order valence-corrected chi connectivity index (χ3v) is 6.98. The van der Waals surface area contributed by atoms with Gasteiger partial charge in [0.15, 0.2) is 5.82 Å². The van der Waals surface area contributed by atoms with Crippen molar-refractivity contribution in [1.29, 1.82) is 0 Å². The van der Waals surface area contributed by atoms with Crippen LogP contribution >= 0.6 is 0 Å². The van der Waals surface area contributed by atoms with Crippen LogP contribution in [0.5, 0.6) is 5.75 Å². The molecule has 5 rings (SSSR count). The molecule has 2 saturated heterocycles. The Bertz CT molecular complexity index is 1240. The number of piperidine rings is 1. The van der Waals surface area contributed by atoms with Gasteiger partial charge < -0.3 is 14.9 Å². The minimum atomic E-state index is -4.56. The number of carbonyl (C=O) groups is 1. The fraction of sp³-hybridized carbons (Fsp3) is 0.391. The third kappa shape index (κ3) is 3.53. The Morgan fingerprint density at radius 2 is 1.85 bits per heavy atom. The molecule has 0 aliphatic carbocycles. The number of pyridine rings is 1. The number of carbonyl (C=O) groups excluding carboxylic acids is 1. The first-order valence-electron chi connectivity index (χ1n) is 10.7. The molecule has 33 heavy (non-hydrogen) atoms. The summed E-state index contributed by atoms with van der Waals surface area (Å²) < 4.78 is 39.0. The second-order valence-electron chi connectivity index (χ2n) is 8.67. The van der Waals surface area contributed by atoms with Gasteiger partial charge in [-0.15, -0.1) is 10.2 Å². The van der Waals surface area contributed by atoms with Crippen LogP contribution in [0.4, 0.5) is 19.0 Å². The first-order valence-corrected chi connectivity index (χ1v) is 10.7. The molecule has 0 unspecified atom stereocenters. The Morgan fingerprint density at radius 1 is 1.09 bits per heavy atom. The van der Waals surface area contributed by atoms with Crippen molar-refractivity contribution in [3.05, 3.63) is 42.1 Å². The predicted molar refractivity (Wildman–Crippen MR) is 116 cm³/mol. The molecule has 0 radical (unpaired) electrons. The fourth-order valence-corrected chi connectivity index (χ4v) is 4.95. The number of nitrogens with zero attached hydrogens (tertiary/aromatic N) is 5. The molecule has 1 N–H and O–H groups in total. The molecule has 2 aliphatic heterocycles. The molecule has 4 heterocycles. The van der Waals surface area contributed by atoms with Gasteiger partial charge >= 0.3 is 6.18 Å². The summed E-state index contributed by atoms with van der Waals surface area (Å²) in [6.07, 6.45) is 0.121. The number of aromatic nitrogens is 3. The molecule has 1 aromatic carbocycles. The molecule has 2 aliphatic rings. The number of aromatic hydroxyl groups is 1. The minimum absolute atomic E-state index is 0.115. The molecule has 0 bridgehead atoms. The molecular weight excluding hydrogens is 435 g/mol. The third-order valence-electron chi connectivity index (χ3n) is 6.98. The number of phenols is 1. The van der Waals surface area contributed by atoms with Crippen LogP contribution in [0.25, 0.3) is 22.2 Å². The van der Waals surface area contributed by atoms with Crippen molar-refractivity contribution < 1.29 is 23.1 Å². The molecular formula is C23H22F3N5O2. The standard InChI is InChI=1S/C23H22F3N5O2/c1-30-18(33)6-7-22(30)8-11-31(12-9-22)21-20-16(3-2-10-27-20)19(28-29-21)15-5-4-14(13-17(15)32)23(24,25)26/h2-5,10,13,32H,6-9,11-12H2,1H3. The lowest BCUT2D eigenvalue weighted by molar-refractivity contribution is -0.137. The van der Waals surface area contributed by atoms with E-state index >= 15 is 0 Å². The second kappa shape index (κ2) is 7.57. The highest BCUT2D eigenvalue weighted by Crippen LogP contribution is 2.41. The number of hydrogen-bond acceptors (Lipinski definition) is 6. The average molecular weight is 457 g/mol. The highest BCUT2D eigenvalue weighted by atomic mass is 19.4. The topological polar surface area (TPSA) is 82.5 Å². The zero-order valence-corrected chi connectivity index (χ0v) is 17.9. The number of likely N-dealkylation sites (tertiary alicyclic amines) is 1. The molecule has 1 spiro atoms. The highest BCUT2D eigenvalue weighted by Gasteiger charge is 2.45. The van der Waals surface area contributed by atoms with Crippen molar-refractivity contribution in [3.8, 4) is 17.0 Å². The van der Waals surface area contributed by atoms with Gasteiger partial charge in [-0.2, -0.15) is 13.2 Å². The Hall–Kier alpha value is -3.43. The second-order valence-corrected chi connectivity index (χ2v) is 8.67. The largest absolute Gasteiger partial charge is 0.507 e. The first-order chi connectivity index (χ1) is 15.7. The summed E-state index contributed by atoms with van der Waals surface area (Å²) in [4.78, 5) is 20.5. The number of benzene rings is 1. The molecule has 2 aromatic heterocycles. The number of fused-ring (bicyclic) bond motifs is 1. The van der Waals surface area contributed by atoms with Gasteiger partial charge in [0.1, 0.15) is 17.0 Å². The summed E-state index contributed by atoms with van der Waals surface area (Å²) >= 11 is 0. The van der Waals surface area contributed by atoms with Crippen LogP contribution in [0, 0.1) is 0 Å². The molecule has 172 valence electrons. The van der Waals surface area contributed by atoms with E-state index in [4.69, 9.17) is 0 Å². The quantitative estimate of drug-likeness (QED) is 0.626. The molecule has 7 nitrogen and oxygen atoms in total. The van der Waals surface area contributed by atoms with Gasteiger partial charge in [-0.1, -0.05) is 0 Å². The number of alkyl halides is 3. The van der Waals surface area contributed by atoms with Gasteiger partial charge in [0.05, 0.1) is 5.56 Å². The lowest BCUT2D eigenvalue weighted by Crippen LogP contribution is -2.51. The molecule has 10 heteroatoms. The molecule has 1 amide bonds. The van der Waals surface area contributed by atoms with Crippen molar-refractivity contribution in [2.45, 2.75) is 37.4 Å². The average Bonchev–Trinajstić information content (AvgIpc) is 3.07. The summed E-state index contributed by atoms with van der Waals surface area (Å²) in [6, 6.07) is 6.28. The van der Waals surface area contributed by atoms with E-state index in [0.29, 0.717) is 42.3 Å². The first kappa shape index (κ1) is 21.4. The number of hydrogen-bond donors (Lipinski definition) is 1. The van der Waals surface area contributed by atoms with Crippen molar-refractivity contribution >= 4 is 22.6 Å². The Balaban J connectivity index is 1.49. The smallest absolute Gasteiger partial charge is 0.416 e. The summed E-state index contributed by atoms with van der Waals surface area (Å²) in [6.45, 7) is 1.37. The molecule has 0 atom stereocenters. The predicted octanol–water partition coefficient (Wildman–Crippen LogP) is 4.01. The van der Waals surface area contributed by atoms with E-state index < -0.39 is 17.5 Å². The van der Waals surface area contributed by atoms with Gasteiger partial charge in [0.25, 0.3) is 0 Å². The summed E-state index contributed by atoms with van der Waals surface area (Å²) in [5, 5.41) is 19.6. The normalized spacial score (nSPS) is 18.5. The van der Waals surface area contributed by atoms with Crippen molar-refractivity contribution in [1.82, 2.24) is 20.1 Å². The summed E-state index contributed by atoms with van der Waals surface area (Å²) in [5.74, 6) is 0.240. The lowest BCUT2D eigenvalue weighted by Gasteiger charge is -2.43. The maximum atomic E-state index is 13.0. The number of anilines is 1. The van der Waals surface area contributed by atoms with Crippen LogP contribution in [0.15, 0.2) is 36.5 Å². The van der Waals surface area contributed by atoms with E-state index in [2.05, 4.69) is 20.1 Å². The molecule has 2 fully saturated rings. The molecule has 3 aromatic rings. The van der Waals surface area contributed by atoms with Gasteiger partial charge in [-0.05, 0) is 49.6 Å². The number of rotatable bonds is 2. The minimum Gasteiger partial charge on any atom is -0.507 e. The van der Waals surface area contributed by atoms with Gasteiger partial charge in [0.2, 0.25) is 5.91 Å². The SMILES string of the molecule is CN1C(=O)CCC12CCN(c1nnc(-c3ccc(C(F)(F)F)cc3O)c3cccnc13)CC2. The molecule has 0 saturated carbocycles. The Morgan fingerprint density at radius 3 is 2.48 bits per heavy atom. The van der Waals surface area contributed by atoms with E-state index in [1.807, 2.05) is 11.9 Å². The van der Waals surface area contributed by atoms with Crippen LogP contribution in [0.1, 0.15) is 31.2 Å². The van der Waals surface area contributed by atoms with E-state index in [9.17, 15) is 23.1 Å². The van der Waals surface area contributed by atoms with Gasteiger partial charge in [-0.25, -0.2) is 0 Å². The van der Waals surface area contributed by atoms with Crippen molar-refractivity contribution in [2.24, 2.45) is 0 Å². The van der Waals surface area contributed by atoms with E-state index in [1.165, 1.54) is 6.07 Å². The maximum absolute atomic E-state index is 13.0. The number of halogens is 3. The van der Waals surface area contributed by atoms with Crippen LogP contribution in [0.3, 0.4) is 0 Å². The van der Waals surface area contributed by atoms with Crippen LogP contribution in [-0.2, 0) is 11.0 Å². The number of amides is 1. The van der Waals surface area contributed by atoms with Crippen molar-refractivity contribution in [2.75, 3.05) is 25.0 Å². The summed E-state index contributed by atoms with van der Waals surface area (Å²) in [5.41, 5.74) is -0.0654. The van der Waals surface area contributed by atoms with E-state index in [-0.39, 0.29) is 22.7 Å². The van der Waals surface area contributed by atoms with Gasteiger partial charge in [-0.3, -0.25) is 9.78 Å². The van der Waals surface area contributed by atoms with E-state index in [1.54, 1.807) is 18.3 Å². The van der Waals surface area contributed by atoms with Crippen molar-refractivity contribution in [3.63, 3.8) is 0 Å². The summed E-state index contributed by atoms with van der Waals surface area (Å²) in [7, 11) is 1.87. The van der Waals surface area contributed by atoms with Gasteiger partial charge in [0, 0.05) is 49.2 Å². The lowest BCUT2D eigenvalue weighted by atomic mass is 9.85. The number of phenolic OH excluding ortho intramolecular Hbond substituents is 1. The monoisotopic (exact) mass is 457 g/mol.